The number of aliphatic carboxylic acids is 1. The van der Waals surface area contributed by atoms with Gasteiger partial charge in [-0.25, -0.2) is 0 Å². The summed E-state index contributed by atoms with van der Waals surface area (Å²) in [5.74, 6) is -3.14. The molecule has 106 valence electrons. The van der Waals surface area contributed by atoms with Crippen LogP contribution in [-0.4, -0.2) is 64.3 Å². The van der Waals surface area contributed by atoms with Crippen molar-refractivity contribution in [3.8, 4) is 0 Å². The predicted octanol–water partition coefficient (Wildman–Crippen LogP) is -0.0701. The van der Waals surface area contributed by atoms with Crippen molar-refractivity contribution >= 4 is 11.9 Å². The molecule has 0 aromatic heterocycles. The second kappa shape index (κ2) is 10.9. The zero-order chi connectivity index (χ0) is 13.8. The molecule has 0 saturated carbocycles. The van der Waals surface area contributed by atoms with Gasteiger partial charge in [0.25, 0.3) is 0 Å². The van der Waals surface area contributed by atoms with Gasteiger partial charge in [0.1, 0.15) is 0 Å². The van der Waals surface area contributed by atoms with E-state index < -0.39 is 17.9 Å². The lowest BCUT2D eigenvalue weighted by atomic mass is 10.1. The van der Waals surface area contributed by atoms with Gasteiger partial charge in [0, 0.05) is 13.7 Å². The summed E-state index contributed by atoms with van der Waals surface area (Å²) < 4.78 is 19.5. The van der Waals surface area contributed by atoms with Gasteiger partial charge in [-0.1, -0.05) is 0 Å². The highest BCUT2D eigenvalue weighted by Crippen LogP contribution is 2.06. The third-order valence-electron chi connectivity index (χ3n) is 2.14. The number of methoxy groups -OCH3 is 2. The lowest BCUT2D eigenvalue weighted by Gasteiger charge is -2.10. The Hall–Kier alpha value is -1.18. The van der Waals surface area contributed by atoms with E-state index in [2.05, 4.69) is 4.74 Å². The van der Waals surface area contributed by atoms with Crippen molar-refractivity contribution in [3.05, 3.63) is 0 Å². The molecule has 0 rings (SSSR count). The first kappa shape index (κ1) is 16.8. The fourth-order valence-corrected chi connectivity index (χ4v) is 1.15. The van der Waals surface area contributed by atoms with Crippen LogP contribution in [0.2, 0.25) is 0 Å². The Morgan fingerprint density at radius 3 is 2.06 bits per heavy atom. The number of esters is 1. The average Bonchev–Trinajstić information content (AvgIpc) is 2.35. The summed E-state index contributed by atoms with van der Waals surface area (Å²) >= 11 is 0. The molecule has 7 heteroatoms. The molecular formula is C11H20O7. The second-order valence-corrected chi connectivity index (χ2v) is 3.42. The van der Waals surface area contributed by atoms with Crippen LogP contribution < -0.4 is 0 Å². The number of ether oxygens (including phenoxy) is 4. The number of carbonyl (C=O) groups is 2. The molecule has 0 aliphatic heterocycles. The molecule has 1 atom stereocenters. The molecule has 0 aliphatic rings. The minimum Gasteiger partial charge on any atom is -0.481 e. The number of hydrogen-bond donors (Lipinski definition) is 1. The first-order chi connectivity index (χ1) is 8.63. The summed E-state index contributed by atoms with van der Waals surface area (Å²) in [6.45, 7) is 1.92. The number of carbonyl (C=O) groups excluding carboxylic acids is 1. The van der Waals surface area contributed by atoms with E-state index in [1.807, 2.05) is 0 Å². The van der Waals surface area contributed by atoms with Crippen LogP contribution in [0.25, 0.3) is 0 Å². The minimum atomic E-state index is -1.21. The van der Waals surface area contributed by atoms with E-state index in [0.29, 0.717) is 26.4 Å². The summed E-state index contributed by atoms with van der Waals surface area (Å²) in [5, 5.41) is 8.78. The van der Waals surface area contributed by atoms with Crippen LogP contribution in [0.15, 0.2) is 0 Å². The fourth-order valence-electron chi connectivity index (χ4n) is 1.15. The molecular weight excluding hydrogens is 244 g/mol. The van der Waals surface area contributed by atoms with Gasteiger partial charge >= 0.3 is 11.9 Å². The molecule has 0 amide bonds. The Labute approximate surface area is 106 Å². The Balaban J connectivity index is 3.56. The molecule has 0 saturated heterocycles. The summed E-state index contributed by atoms with van der Waals surface area (Å²) in [7, 11) is 2.74. The average molecular weight is 264 g/mol. The third kappa shape index (κ3) is 7.99. The SMILES string of the molecule is COCCOCCOCCC(C(=O)O)C(=O)OC. The largest absolute Gasteiger partial charge is 0.481 e. The van der Waals surface area contributed by atoms with Crippen LogP contribution >= 0.6 is 0 Å². The van der Waals surface area contributed by atoms with Gasteiger partial charge in [0.15, 0.2) is 5.92 Å². The van der Waals surface area contributed by atoms with Crippen molar-refractivity contribution in [1.29, 1.82) is 0 Å². The van der Waals surface area contributed by atoms with E-state index in [-0.39, 0.29) is 13.0 Å². The minimum absolute atomic E-state index is 0.0834. The van der Waals surface area contributed by atoms with Crippen molar-refractivity contribution in [2.75, 3.05) is 47.3 Å². The smallest absolute Gasteiger partial charge is 0.320 e. The van der Waals surface area contributed by atoms with Crippen LogP contribution in [0.3, 0.4) is 0 Å². The molecule has 0 fully saturated rings. The molecule has 7 nitrogen and oxygen atoms in total. The summed E-state index contributed by atoms with van der Waals surface area (Å²) in [5.41, 5.74) is 0. The maximum atomic E-state index is 11.1. The van der Waals surface area contributed by atoms with E-state index in [4.69, 9.17) is 19.3 Å². The molecule has 0 aliphatic carbocycles. The fraction of sp³-hybridized carbons (Fsp3) is 0.818. The van der Waals surface area contributed by atoms with E-state index in [1.165, 1.54) is 0 Å². The Morgan fingerprint density at radius 2 is 1.56 bits per heavy atom. The lowest BCUT2D eigenvalue weighted by molar-refractivity contribution is -0.157. The lowest BCUT2D eigenvalue weighted by Crippen LogP contribution is -2.26. The van der Waals surface area contributed by atoms with Crippen molar-refractivity contribution in [3.63, 3.8) is 0 Å². The third-order valence-corrected chi connectivity index (χ3v) is 2.14. The maximum Gasteiger partial charge on any atom is 0.320 e. The normalized spacial score (nSPS) is 12.1. The highest BCUT2D eigenvalue weighted by molar-refractivity contribution is 5.93. The van der Waals surface area contributed by atoms with Gasteiger partial charge in [-0.05, 0) is 6.42 Å². The molecule has 0 spiro atoms. The first-order valence-corrected chi connectivity index (χ1v) is 5.58. The Kier molecular flexibility index (Phi) is 10.2. The van der Waals surface area contributed by atoms with Crippen molar-refractivity contribution in [1.82, 2.24) is 0 Å². The molecule has 0 heterocycles. The highest BCUT2D eigenvalue weighted by Gasteiger charge is 2.26. The standard InChI is InChI=1S/C11H20O7/c1-15-5-6-18-8-7-17-4-3-9(10(12)13)11(14)16-2/h9H,3-8H2,1-2H3,(H,12,13). The monoisotopic (exact) mass is 264 g/mol. The first-order valence-electron chi connectivity index (χ1n) is 5.58. The van der Waals surface area contributed by atoms with E-state index in [0.717, 1.165) is 7.11 Å². The van der Waals surface area contributed by atoms with Crippen molar-refractivity contribution in [2.45, 2.75) is 6.42 Å². The quantitative estimate of drug-likeness (QED) is 0.317. The van der Waals surface area contributed by atoms with Crippen molar-refractivity contribution in [2.24, 2.45) is 5.92 Å². The van der Waals surface area contributed by atoms with Gasteiger partial charge < -0.3 is 24.1 Å². The van der Waals surface area contributed by atoms with Crippen LogP contribution in [0.5, 0.6) is 0 Å². The molecule has 18 heavy (non-hydrogen) atoms. The van der Waals surface area contributed by atoms with Gasteiger partial charge in [0.05, 0.1) is 33.5 Å². The summed E-state index contributed by atoms with van der Waals surface area (Å²) in [4.78, 5) is 21.8. The van der Waals surface area contributed by atoms with Crippen LogP contribution in [0.4, 0.5) is 0 Å². The highest BCUT2D eigenvalue weighted by atomic mass is 16.5. The number of rotatable bonds is 11. The predicted molar refractivity (Wildman–Crippen MR) is 61.3 cm³/mol. The Morgan fingerprint density at radius 1 is 1.00 bits per heavy atom. The molecule has 0 aromatic rings. The van der Waals surface area contributed by atoms with Gasteiger partial charge in [-0.15, -0.1) is 0 Å². The molecule has 0 aromatic carbocycles. The number of carboxylic acids is 1. The van der Waals surface area contributed by atoms with E-state index in [9.17, 15) is 9.59 Å². The van der Waals surface area contributed by atoms with Crippen molar-refractivity contribution < 1.29 is 33.6 Å². The summed E-state index contributed by atoms with van der Waals surface area (Å²) in [6, 6.07) is 0. The second-order valence-electron chi connectivity index (χ2n) is 3.42. The van der Waals surface area contributed by atoms with E-state index >= 15 is 0 Å². The summed E-state index contributed by atoms with van der Waals surface area (Å²) in [6.07, 6.45) is 0.0834. The van der Waals surface area contributed by atoms with Gasteiger partial charge in [0.2, 0.25) is 0 Å². The molecule has 1 N–H and O–H groups in total. The molecule has 0 radical (unpaired) electrons. The maximum absolute atomic E-state index is 11.1. The van der Waals surface area contributed by atoms with Crippen LogP contribution in [0, 0.1) is 5.92 Å². The molecule has 1 unspecified atom stereocenters. The Bertz CT molecular complexity index is 242. The zero-order valence-corrected chi connectivity index (χ0v) is 10.7. The molecule has 0 bridgehead atoms. The number of hydrogen-bond acceptors (Lipinski definition) is 6. The number of carboxylic acid groups (broad SMARTS) is 1. The van der Waals surface area contributed by atoms with Crippen LogP contribution in [-0.2, 0) is 28.5 Å². The topological polar surface area (TPSA) is 91.3 Å². The van der Waals surface area contributed by atoms with Crippen LogP contribution in [0.1, 0.15) is 6.42 Å². The zero-order valence-electron chi connectivity index (χ0n) is 10.7. The van der Waals surface area contributed by atoms with Gasteiger partial charge in [-0.2, -0.15) is 0 Å². The van der Waals surface area contributed by atoms with Gasteiger partial charge in [-0.3, -0.25) is 9.59 Å². The van der Waals surface area contributed by atoms with E-state index in [1.54, 1.807) is 7.11 Å².